The Labute approximate surface area is 132 Å². The smallest absolute Gasteiger partial charge is 0.319 e. The number of carbonyl (C=O) groups excluding carboxylic acids is 1. The maximum atomic E-state index is 12.1. The summed E-state index contributed by atoms with van der Waals surface area (Å²) in [5.74, 6) is 1.36. The molecule has 0 bridgehead atoms. The van der Waals surface area contributed by atoms with Crippen LogP contribution in [0, 0.1) is 0 Å². The molecule has 2 aliphatic rings. The Morgan fingerprint density at radius 3 is 2.48 bits per heavy atom. The number of nitrogens with one attached hydrogen (secondary N) is 2. The number of rotatable bonds is 2. The fraction of sp³-hybridized carbons (Fsp3) is 0.533. The standard InChI is InChI=1S/C15H19BrN2O3/c16-11-8-13-14(21-7-6-20-13)9-12(11)18-15(19)17-10-4-2-1-3-5-10/h8-10H,1-7H2,(H2,17,18,19). The molecule has 1 aromatic carbocycles. The average Bonchev–Trinajstić information content (AvgIpc) is 2.49. The van der Waals surface area contributed by atoms with Crippen LogP contribution < -0.4 is 20.1 Å². The molecule has 5 nitrogen and oxygen atoms in total. The fourth-order valence-corrected chi connectivity index (χ4v) is 3.17. The van der Waals surface area contributed by atoms with Gasteiger partial charge < -0.3 is 20.1 Å². The van der Waals surface area contributed by atoms with Crippen molar-refractivity contribution >= 4 is 27.6 Å². The molecule has 2 amide bonds. The number of anilines is 1. The van der Waals surface area contributed by atoms with Crippen LogP contribution in [0.5, 0.6) is 11.5 Å². The van der Waals surface area contributed by atoms with Gasteiger partial charge in [0.05, 0.1) is 5.69 Å². The lowest BCUT2D eigenvalue weighted by Crippen LogP contribution is -2.39. The summed E-state index contributed by atoms with van der Waals surface area (Å²) in [6.45, 7) is 1.08. The van der Waals surface area contributed by atoms with Gasteiger partial charge in [-0.1, -0.05) is 19.3 Å². The number of amides is 2. The van der Waals surface area contributed by atoms with Crippen molar-refractivity contribution in [1.82, 2.24) is 5.32 Å². The quantitative estimate of drug-likeness (QED) is 0.851. The third-order valence-corrected chi connectivity index (χ3v) is 4.48. The van der Waals surface area contributed by atoms with Crippen LogP contribution in [-0.2, 0) is 0 Å². The highest BCUT2D eigenvalue weighted by atomic mass is 79.9. The minimum Gasteiger partial charge on any atom is -0.486 e. The van der Waals surface area contributed by atoms with E-state index in [0.29, 0.717) is 30.4 Å². The van der Waals surface area contributed by atoms with E-state index in [1.165, 1.54) is 19.3 Å². The first kappa shape index (κ1) is 14.5. The van der Waals surface area contributed by atoms with Crippen molar-refractivity contribution in [2.24, 2.45) is 0 Å². The Kier molecular flexibility index (Phi) is 4.53. The first-order valence-electron chi connectivity index (χ1n) is 7.39. The highest BCUT2D eigenvalue weighted by Crippen LogP contribution is 2.38. The van der Waals surface area contributed by atoms with Crippen LogP contribution in [0.25, 0.3) is 0 Å². The molecule has 6 heteroatoms. The van der Waals surface area contributed by atoms with Crippen LogP contribution in [0.3, 0.4) is 0 Å². The van der Waals surface area contributed by atoms with Crippen molar-refractivity contribution in [3.63, 3.8) is 0 Å². The lowest BCUT2D eigenvalue weighted by atomic mass is 9.96. The van der Waals surface area contributed by atoms with E-state index in [0.717, 1.165) is 17.3 Å². The van der Waals surface area contributed by atoms with Gasteiger partial charge in [0.1, 0.15) is 13.2 Å². The fourth-order valence-electron chi connectivity index (χ4n) is 2.75. The number of carbonyl (C=O) groups is 1. The van der Waals surface area contributed by atoms with Crippen LogP contribution in [-0.4, -0.2) is 25.3 Å². The number of ether oxygens (including phenoxy) is 2. The van der Waals surface area contributed by atoms with Crippen LogP contribution in [0.1, 0.15) is 32.1 Å². The summed E-state index contributed by atoms with van der Waals surface area (Å²) in [5, 5.41) is 5.91. The molecule has 0 spiro atoms. The lowest BCUT2D eigenvalue weighted by Gasteiger charge is -2.23. The van der Waals surface area contributed by atoms with Crippen molar-refractivity contribution in [3.8, 4) is 11.5 Å². The lowest BCUT2D eigenvalue weighted by molar-refractivity contribution is 0.171. The van der Waals surface area contributed by atoms with Crippen LogP contribution in [0.2, 0.25) is 0 Å². The van der Waals surface area contributed by atoms with Gasteiger partial charge in [0, 0.05) is 22.6 Å². The largest absolute Gasteiger partial charge is 0.486 e. The van der Waals surface area contributed by atoms with Gasteiger partial charge in [-0.2, -0.15) is 0 Å². The molecule has 0 saturated heterocycles. The van der Waals surface area contributed by atoms with Gasteiger partial charge in [-0.05, 0) is 28.8 Å². The number of fused-ring (bicyclic) bond motifs is 1. The van der Waals surface area contributed by atoms with E-state index in [9.17, 15) is 4.79 Å². The van der Waals surface area contributed by atoms with Crippen LogP contribution >= 0.6 is 15.9 Å². The van der Waals surface area contributed by atoms with E-state index in [2.05, 4.69) is 26.6 Å². The molecular weight excluding hydrogens is 336 g/mol. The number of halogens is 1. The zero-order valence-corrected chi connectivity index (χ0v) is 13.4. The maximum absolute atomic E-state index is 12.1. The highest BCUT2D eigenvalue weighted by molar-refractivity contribution is 9.10. The Balaban J connectivity index is 1.65. The van der Waals surface area contributed by atoms with Crippen LogP contribution in [0.4, 0.5) is 10.5 Å². The maximum Gasteiger partial charge on any atom is 0.319 e. The highest BCUT2D eigenvalue weighted by Gasteiger charge is 2.18. The zero-order valence-electron chi connectivity index (χ0n) is 11.8. The summed E-state index contributed by atoms with van der Waals surface area (Å²) >= 11 is 3.45. The van der Waals surface area contributed by atoms with E-state index < -0.39 is 0 Å². The zero-order chi connectivity index (χ0) is 14.7. The van der Waals surface area contributed by atoms with E-state index in [4.69, 9.17) is 9.47 Å². The predicted octanol–water partition coefficient (Wildman–Crippen LogP) is 3.67. The van der Waals surface area contributed by atoms with E-state index in [-0.39, 0.29) is 12.1 Å². The molecule has 0 aromatic heterocycles. The molecule has 1 heterocycles. The Hall–Kier alpha value is -1.43. The van der Waals surface area contributed by atoms with Crippen molar-refractivity contribution in [1.29, 1.82) is 0 Å². The molecule has 114 valence electrons. The van der Waals surface area contributed by atoms with Gasteiger partial charge in [0.25, 0.3) is 0 Å². The molecule has 2 N–H and O–H groups in total. The third kappa shape index (κ3) is 3.61. The topological polar surface area (TPSA) is 59.6 Å². The predicted molar refractivity (Wildman–Crippen MR) is 84.2 cm³/mol. The summed E-state index contributed by atoms with van der Waals surface area (Å²) in [5.41, 5.74) is 0.688. The SMILES string of the molecule is O=C(Nc1cc2c(cc1Br)OCCO2)NC1CCCCC1. The summed E-state index contributed by atoms with van der Waals surface area (Å²) in [6, 6.07) is 3.73. The Morgan fingerprint density at radius 2 is 1.76 bits per heavy atom. The minimum absolute atomic E-state index is 0.167. The van der Waals surface area contributed by atoms with E-state index >= 15 is 0 Å². The molecule has 1 aromatic rings. The first-order chi connectivity index (χ1) is 10.2. The molecule has 0 radical (unpaired) electrons. The van der Waals surface area contributed by atoms with Crippen molar-refractivity contribution in [2.45, 2.75) is 38.1 Å². The molecule has 1 aliphatic carbocycles. The van der Waals surface area contributed by atoms with Gasteiger partial charge in [0.15, 0.2) is 11.5 Å². The van der Waals surface area contributed by atoms with Crippen molar-refractivity contribution in [3.05, 3.63) is 16.6 Å². The van der Waals surface area contributed by atoms with E-state index in [1.807, 2.05) is 6.07 Å². The number of urea groups is 1. The number of hydrogen-bond donors (Lipinski definition) is 2. The molecule has 0 atom stereocenters. The molecule has 21 heavy (non-hydrogen) atoms. The van der Waals surface area contributed by atoms with Crippen molar-refractivity contribution < 1.29 is 14.3 Å². The van der Waals surface area contributed by atoms with E-state index in [1.54, 1.807) is 6.07 Å². The first-order valence-corrected chi connectivity index (χ1v) is 8.18. The van der Waals surface area contributed by atoms with Gasteiger partial charge in [0.2, 0.25) is 0 Å². The second-order valence-corrected chi connectivity index (χ2v) is 6.26. The summed E-state index contributed by atoms with van der Waals surface area (Å²) in [4.78, 5) is 12.1. The summed E-state index contributed by atoms with van der Waals surface area (Å²) < 4.78 is 11.8. The van der Waals surface area contributed by atoms with Crippen LogP contribution in [0.15, 0.2) is 16.6 Å². The molecule has 0 unspecified atom stereocenters. The Morgan fingerprint density at radius 1 is 1.10 bits per heavy atom. The van der Waals surface area contributed by atoms with Gasteiger partial charge in [-0.15, -0.1) is 0 Å². The van der Waals surface area contributed by atoms with Gasteiger partial charge in [-0.3, -0.25) is 0 Å². The second kappa shape index (κ2) is 6.56. The third-order valence-electron chi connectivity index (χ3n) is 3.82. The number of hydrogen-bond acceptors (Lipinski definition) is 3. The molecule has 1 aliphatic heterocycles. The van der Waals surface area contributed by atoms with Gasteiger partial charge in [-0.25, -0.2) is 4.79 Å². The number of benzene rings is 1. The molecule has 3 rings (SSSR count). The summed E-state index contributed by atoms with van der Waals surface area (Å²) in [6.07, 6.45) is 5.79. The van der Waals surface area contributed by atoms with Gasteiger partial charge >= 0.3 is 6.03 Å². The Bertz CT molecular complexity index is 530. The average molecular weight is 355 g/mol. The van der Waals surface area contributed by atoms with Crippen molar-refractivity contribution in [2.75, 3.05) is 18.5 Å². The monoisotopic (exact) mass is 354 g/mol. The molecule has 1 fully saturated rings. The molecular formula is C15H19BrN2O3. The normalized spacial score (nSPS) is 18.1. The second-order valence-electron chi connectivity index (χ2n) is 5.41. The minimum atomic E-state index is -0.167. The summed E-state index contributed by atoms with van der Waals surface area (Å²) in [7, 11) is 0. The molecule has 1 saturated carbocycles.